The highest BCUT2D eigenvalue weighted by Crippen LogP contribution is 2.30. The van der Waals surface area contributed by atoms with E-state index in [2.05, 4.69) is 18.0 Å². The van der Waals surface area contributed by atoms with Crippen LogP contribution in [0.2, 0.25) is 0 Å². The first-order valence-electron chi connectivity index (χ1n) is 5.99. The number of benzene rings is 2. The number of rotatable bonds is 2. The van der Waals surface area contributed by atoms with Gasteiger partial charge in [0.05, 0.1) is 4.92 Å². The number of nitro groups is 1. The zero-order valence-corrected chi connectivity index (χ0v) is 10.4. The number of hydrogen-bond acceptors (Lipinski definition) is 2. The van der Waals surface area contributed by atoms with E-state index in [1.54, 1.807) is 12.1 Å². The second-order valence-corrected chi connectivity index (χ2v) is 4.47. The summed E-state index contributed by atoms with van der Waals surface area (Å²) in [5.74, 6) is 0. The van der Waals surface area contributed by atoms with Crippen molar-refractivity contribution in [3.8, 4) is 11.3 Å². The Balaban J connectivity index is 2.13. The summed E-state index contributed by atoms with van der Waals surface area (Å²) in [4.78, 5) is 13.6. The Morgan fingerprint density at radius 2 is 1.74 bits per heavy atom. The second kappa shape index (κ2) is 4.24. The number of non-ortho nitro benzene ring substituents is 1. The Hall–Kier alpha value is -2.62. The minimum absolute atomic E-state index is 0.109. The SMILES string of the molecule is Cc1c(-c2ccc([N+](=O)[O-])cc2)[nH]c2ccccc12. The summed E-state index contributed by atoms with van der Waals surface area (Å²) < 4.78 is 0. The van der Waals surface area contributed by atoms with Crippen LogP contribution in [0.15, 0.2) is 48.5 Å². The van der Waals surface area contributed by atoms with Crippen LogP contribution in [0.5, 0.6) is 0 Å². The lowest BCUT2D eigenvalue weighted by molar-refractivity contribution is -0.384. The maximum Gasteiger partial charge on any atom is 0.269 e. The van der Waals surface area contributed by atoms with E-state index >= 15 is 0 Å². The summed E-state index contributed by atoms with van der Waals surface area (Å²) in [5, 5.41) is 11.8. The fraction of sp³-hybridized carbons (Fsp3) is 0.0667. The van der Waals surface area contributed by atoms with Crippen molar-refractivity contribution in [2.75, 3.05) is 0 Å². The van der Waals surface area contributed by atoms with E-state index in [0.29, 0.717) is 0 Å². The van der Waals surface area contributed by atoms with Crippen molar-refractivity contribution >= 4 is 16.6 Å². The van der Waals surface area contributed by atoms with Crippen LogP contribution in [-0.4, -0.2) is 9.91 Å². The molecule has 0 aliphatic heterocycles. The lowest BCUT2D eigenvalue weighted by atomic mass is 10.1. The average molecular weight is 252 g/mol. The molecule has 0 unspecified atom stereocenters. The highest BCUT2D eigenvalue weighted by molar-refractivity contribution is 5.90. The molecule has 0 bridgehead atoms. The molecule has 0 spiro atoms. The number of nitro benzene ring substituents is 1. The molecule has 19 heavy (non-hydrogen) atoms. The summed E-state index contributed by atoms with van der Waals surface area (Å²) in [6.07, 6.45) is 0. The number of hydrogen-bond donors (Lipinski definition) is 1. The van der Waals surface area contributed by atoms with Gasteiger partial charge in [0.1, 0.15) is 0 Å². The van der Waals surface area contributed by atoms with E-state index in [-0.39, 0.29) is 10.6 Å². The van der Waals surface area contributed by atoms with E-state index < -0.39 is 0 Å². The third-order valence-corrected chi connectivity index (χ3v) is 3.33. The number of H-pyrrole nitrogens is 1. The molecule has 94 valence electrons. The van der Waals surface area contributed by atoms with Crippen LogP contribution < -0.4 is 0 Å². The molecule has 0 amide bonds. The fourth-order valence-corrected chi connectivity index (χ4v) is 2.32. The molecule has 1 heterocycles. The standard InChI is InChI=1S/C15H12N2O2/c1-10-13-4-2-3-5-14(13)16-15(10)11-6-8-12(9-7-11)17(18)19/h2-9,16H,1H3. The molecular formula is C15H12N2O2. The van der Waals surface area contributed by atoms with Crippen molar-refractivity contribution < 1.29 is 4.92 Å². The van der Waals surface area contributed by atoms with Gasteiger partial charge in [0.15, 0.2) is 0 Å². The van der Waals surface area contributed by atoms with E-state index in [4.69, 9.17) is 0 Å². The first kappa shape index (κ1) is 11.5. The molecule has 4 heteroatoms. The van der Waals surface area contributed by atoms with E-state index in [1.165, 1.54) is 17.5 Å². The van der Waals surface area contributed by atoms with Crippen molar-refractivity contribution in [1.29, 1.82) is 0 Å². The Bertz CT molecular complexity index is 757. The fourth-order valence-electron chi connectivity index (χ4n) is 2.32. The molecule has 2 aromatic carbocycles. The molecule has 0 radical (unpaired) electrons. The summed E-state index contributed by atoms with van der Waals surface area (Å²) in [6.45, 7) is 2.05. The van der Waals surface area contributed by atoms with E-state index in [9.17, 15) is 10.1 Å². The first-order chi connectivity index (χ1) is 9.16. The number of nitrogens with zero attached hydrogens (tertiary/aromatic N) is 1. The zero-order chi connectivity index (χ0) is 13.4. The number of aromatic amines is 1. The molecule has 0 atom stereocenters. The van der Waals surface area contributed by atoms with Crippen molar-refractivity contribution in [3.63, 3.8) is 0 Å². The smallest absolute Gasteiger partial charge is 0.269 e. The van der Waals surface area contributed by atoms with Crippen LogP contribution >= 0.6 is 0 Å². The number of aromatic nitrogens is 1. The molecule has 0 aliphatic rings. The largest absolute Gasteiger partial charge is 0.354 e. The van der Waals surface area contributed by atoms with Crippen LogP contribution in [-0.2, 0) is 0 Å². The maximum absolute atomic E-state index is 10.7. The number of nitrogens with one attached hydrogen (secondary N) is 1. The first-order valence-corrected chi connectivity index (χ1v) is 5.99. The number of aryl methyl sites for hydroxylation is 1. The summed E-state index contributed by atoms with van der Waals surface area (Å²) in [6, 6.07) is 14.7. The van der Waals surface area contributed by atoms with E-state index in [1.807, 2.05) is 18.2 Å². The van der Waals surface area contributed by atoms with Gasteiger partial charge in [-0.15, -0.1) is 0 Å². The predicted octanol–water partition coefficient (Wildman–Crippen LogP) is 4.05. The quantitative estimate of drug-likeness (QED) is 0.552. The minimum atomic E-state index is -0.387. The Labute approximate surface area is 109 Å². The van der Waals surface area contributed by atoms with Crippen molar-refractivity contribution in [2.24, 2.45) is 0 Å². The van der Waals surface area contributed by atoms with Gasteiger partial charge in [-0.3, -0.25) is 10.1 Å². The van der Waals surface area contributed by atoms with E-state index in [0.717, 1.165) is 22.3 Å². The molecule has 0 saturated heterocycles. The van der Waals surface area contributed by atoms with Crippen LogP contribution in [0.4, 0.5) is 5.69 Å². The molecule has 3 aromatic rings. The van der Waals surface area contributed by atoms with Gasteiger partial charge >= 0.3 is 0 Å². The number of fused-ring (bicyclic) bond motifs is 1. The molecule has 1 aromatic heterocycles. The Morgan fingerprint density at radius 1 is 1.05 bits per heavy atom. The van der Waals surface area contributed by atoms with Crippen LogP contribution in [0.3, 0.4) is 0 Å². The van der Waals surface area contributed by atoms with Gasteiger partial charge in [0, 0.05) is 28.7 Å². The van der Waals surface area contributed by atoms with Crippen LogP contribution in [0.1, 0.15) is 5.56 Å². The molecule has 4 nitrogen and oxygen atoms in total. The van der Waals surface area contributed by atoms with Crippen molar-refractivity contribution in [3.05, 3.63) is 64.2 Å². The lowest BCUT2D eigenvalue weighted by Crippen LogP contribution is -1.87. The zero-order valence-electron chi connectivity index (χ0n) is 10.4. The molecule has 0 fully saturated rings. The summed E-state index contributed by atoms with van der Waals surface area (Å²) in [7, 11) is 0. The normalized spacial score (nSPS) is 10.8. The van der Waals surface area contributed by atoms with Gasteiger partial charge in [-0.25, -0.2) is 0 Å². The van der Waals surface area contributed by atoms with Crippen LogP contribution in [0, 0.1) is 17.0 Å². The number of para-hydroxylation sites is 1. The Morgan fingerprint density at radius 3 is 2.37 bits per heavy atom. The van der Waals surface area contributed by atoms with Crippen molar-refractivity contribution in [2.45, 2.75) is 6.92 Å². The highest BCUT2D eigenvalue weighted by Gasteiger charge is 2.10. The monoisotopic (exact) mass is 252 g/mol. The summed E-state index contributed by atoms with van der Waals surface area (Å²) >= 11 is 0. The highest BCUT2D eigenvalue weighted by atomic mass is 16.6. The molecule has 0 aliphatic carbocycles. The van der Waals surface area contributed by atoms with Gasteiger partial charge < -0.3 is 4.98 Å². The van der Waals surface area contributed by atoms with Gasteiger partial charge in [-0.05, 0) is 36.2 Å². The molecule has 0 saturated carbocycles. The molecule has 3 rings (SSSR count). The van der Waals surface area contributed by atoms with Gasteiger partial charge in [-0.1, -0.05) is 18.2 Å². The Kier molecular flexibility index (Phi) is 2.56. The van der Waals surface area contributed by atoms with Gasteiger partial charge in [-0.2, -0.15) is 0 Å². The third-order valence-electron chi connectivity index (χ3n) is 3.33. The third kappa shape index (κ3) is 1.87. The van der Waals surface area contributed by atoms with Crippen molar-refractivity contribution in [1.82, 2.24) is 4.98 Å². The van der Waals surface area contributed by atoms with Crippen LogP contribution in [0.25, 0.3) is 22.2 Å². The topological polar surface area (TPSA) is 58.9 Å². The van der Waals surface area contributed by atoms with Gasteiger partial charge in [0.2, 0.25) is 0 Å². The lowest BCUT2D eigenvalue weighted by Gasteiger charge is -2.00. The maximum atomic E-state index is 10.7. The molecular weight excluding hydrogens is 240 g/mol. The summed E-state index contributed by atoms with van der Waals surface area (Å²) in [5.41, 5.74) is 4.31. The average Bonchev–Trinajstić information content (AvgIpc) is 2.77. The van der Waals surface area contributed by atoms with Gasteiger partial charge in [0.25, 0.3) is 5.69 Å². The minimum Gasteiger partial charge on any atom is -0.354 e. The predicted molar refractivity (Wildman–Crippen MR) is 75.1 cm³/mol. The second-order valence-electron chi connectivity index (χ2n) is 4.47. The molecule has 1 N–H and O–H groups in total.